The van der Waals surface area contributed by atoms with E-state index in [4.69, 9.17) is 26.8 Å². The second-order valence-electron chi connectivity index (χ2n) is 9.52. The Bertz CT molecular complexity index is 1440. The van der Waals surface area contributed by atoms with Crippen molar-refractivity contribution in [1.29, 1.82) is 0 Å². The number of nitrogen functional groups attached to an aromatic ring is 1. The van der Waals surface area contributed by atoms with Crippen LogP contribution in [0.25, 0.3) is 5.70 Å². The maximum absolute atomic E-state index is 10.9. The lowest BCUT2D eigenvalue weighted by Crippen LogP contribution is -2.46. The summed E-state index contributed by atoms with van der Waals surface area (Å²) in [6, 6.07) is 9.69. The standard InChI is InChI=1S/C27H33ClN9O3P/c1-16-12-21(39-3)34-20(32-16)13-40-19-6-4-18(5-7-19)8-9-27(10-11-30-15-38)14-31-26(37-27)33-17(2)22-24(29)36-25(41)23(28)35-22/h4-7,12,15H,2,8-11,13-14,41H2,1,3H3,(H2,29,36)(H,30,38)(H2,31,33,37). The quantitative estimate of drug-likeness (QED) is 0.130. The van der Waals surface area contributed by atoms with Gasteiger partial charge in [0.05, 0.1) is 23.8 Å². The Labute approximate surface area is 245 Å². The number of nitrogens with zero attached hydrogens (tertiary/aromatic N) is 5. The first-order chi connectivity index (χ1) is 19.7. The van der Waals surface area contributed by atoms with E-state index in [1.165, 1.54) is 0 Å². The van der Waals surface area contributed by atoms with Gasteiger partial charge in [-0.15, -0.1) is 0 Å². The highest BCUT2D eigenvalue weighted by Gasteiger charge is 2.36. The molecule has 1 aliphatic rings. The molecule has 3 heterocycles. The Morgan fingerprint density at radius 1 is 1.27 bits per heavy atom. The molecule has 2 aromatic heterocycles. The molecule has 41 heavy (non-hydrogen) atoms. The number of aliphatic imine (C=N–C) groups is 1. The van der Waals surface area contributed by atoms with Crippen LogP contribution in [0, 0.1) is 6.92 Å². The second kappa shape index (κ2) is 13.6. The second-order valence-corrected chi connectivity index (χ2v) is 10.4. The average molecular weight is 598 g/mol. The lowest BCUT2D eigenvalue weighted by Gasteiger charge is -2.28. The summed E-state index contributed by atoms with van der Waals surface area (Å²) in [7, 11) is 3.96. The van der Waals surface area contributed by atoms with E-state index in [0.717, 1.165) is 24.1 Å². The predicted octanol–water partition coefficient (Wildman–Crippen LogP) is 1.93. The van der Waals surface area contributed by atoms with Gasteiger partial charge >= 0.3 is 0 Å². The Kier molecular flexibility index (Phi) is 9.91. The molecule has 1 fully saturated rings. The fourth-order valence-corrected chi connectivity index (χ4v) is 4.68. The molecule has 5 N–H and O–H groups in total. The van der Waals surface area contributed by atoms with Crippen molar-refractivity contribution in [3.63, 3.8) is 0 Å². The number of aryl methyl sites for hydroxylation is 2. The van der Waals surface area contributed by atoms with Gasteiger partial charge in [0.25, 0.3) is 0 Å². The molecule has 4 rings (SSSR count). The third-order valence-corrected chi connectivity index (χ3v) is 7.37. The molecule has 1 amide bonds. The molecule has 216 valence electrons. The predicted molar refractivity (Wildman–Crippen MR) is 162 cm³/mol. The molecule has 1 aliphatic heterocycles. The summed E-state index contributed by atoms with van der Waals surface area (Å²) in [4.78, 5) is 32.6. The molecule has 3 aromatic rings. The van der Waals surface area contributed by atoms with E-state index in [0.29, 0.717) is 66.2 Å². The van der Waals surface area contributed by atoms with E-state index in [9.17, 15) is 4.79 Å². The lowest BCUT2D eigenvalue weighted by molar-refractivity contribution is -0.109. The number of hydrogen-bond donors (Lipinski definition) is 4. The van der Waals surface area contributed by atoms with Crippen molar-refractivity contribution in [2.75, 3.05) is 25.9 Å². The Morgan fingerprint density at radius 3 is 2.78 bits per heavy atom. The van der Waals surface area contributed by atoms with E-state index in [-0.39, 0.29) is 23.1 Å². The largest absolute Gasteiger partial charge is 0.486 e. The third kappa shape index (κ3) is 8.02. The number of hydrogen-bond acceptors (Lipinski definition) is 9. The maximum Gasteiger partial charge on any atom is 0.216 e. The first kappa shape index (κ1) is 30.0. The normalized spacial score (nSPS) is 17.0. The lowest BCUT2D eigenvalue weighted by atomic mass is 9.89. The van der Waals surface area contributed by atoms with Crippen molar-refractivity contribution in [3.8, 4) is 11.6 Å². The fourth-order valence-electron chi connectivity index (χ4n) is 4.35. The summed E-state index contributed by atoms with van der Waals surface area (Å²) in [6.07, 6.45) is 2.94. The highest BCUT2D eigenvalue weighted by atomic mass is 35.5. The minimum Gasteiger partial charge on any atom is -0.486 e. The fraction of sp³-hybridized carbons (Fsp3) is 0.333. The highest BCUT2D eigenvalue weighted by molar-refractivity contribution is 7.27. The SMILES string of the molecule is C=C(/N=C1\NCC(CCNC=O)(CCc2ccc(OCc3nc(C)cc(OC)n3)cc2)N1)c1nc(Cl)c(P)nc1N. The summed E-state index contributed by atoms with van der Waals surface area (Å²) in [5.74, 6) is 2.50. The topological polar surface area (TPSA) is 162 Å². The molecule has 0 radical (unpaired) electrons. The minimum atomic E-state index is -0.357. The van der Waals surface area contributed by atoms with Gasteiger partial charge in [-0.25, -0.2) is 19.9 Å². The van der Waals surface area contributed by atoms with Crippen LogP contribution in [-0.2, 0) is 17.8 Å². The van der Waals surface area contributed by atoms with E-state index >= 15 is 0 Å². The third-order valence-electron chi connectivity index (χ3n) is 6.50. The van der Waals surface area contributed by atoms with E-state index < -0.39 is 0 Å². The van der Waals surface area contributed by atoms with Crippen molar-refractivity contribution in [3.05, 3.63) is 64.8 Å². The zero-order valence-corrected chi connectivity index (χ0v) is 24.8. The van der Waals surface area contributed by atoms with Gasteiger partial charge in [-0.3, -0.25) is 4.79 Å². The van der Waals surface area contributed by atoms with Crippen LogP contribution in [0.3, 0.4) is 0 Å². The van der Waals surface area contributed by atoms with Crippen LogP contribution in [-0.4, -0.2) is 58.0 Å². The molecule has 0 saturated carbocycles. The van der Waals surface area contributed by atoms with Gasteiger partial charge in [-0.1, -0.05) is 39.6 Å². The van der Waals surface area contributed by atoms with Gasteiger partial charge in [0, 0.05) is 24.8 Å². The number of amides is 1. The molecule has 1 aromatic carbocycles. The van der Waals surface area contributed by atoms with Crippen LogP contribution < -0.4 is 36.6 Å². The summed E-state index contributed by atoms with van der Waals surface area (Å²) < 4.78 is 11.1. The number of anilines is 1. The molecule has 12 nitrogen and oxygen atoms in total. The van der Waals surface area contributed by atoms with Gasteiger partial charge < -0.3 is 31.2 Å². The van der Waals surface area contributed by atoms with E-state index in [1.54, 1.807) is 13.2 Å². The Morgan fingerprint density at radius 2 is 2.05 bits per heavy atom. The Balaban J connectivity index is 1.39. The van der Waals surface area contributed by atoms with Crippen molar-refractivity contribution in [1.82, 2.24) is 35.9 Å². The molecule has 2 atom stereocenters. The summed E-state index contributed by atoms with van der Waals surface area (Å²) in [6.45, 7) is 7.22. The van der Waals surface area contributed by atoms with Crippen LogP contribution in [0.5, 0.6) is 11.6 Å². The van der Waals surface area contributed by atoms with Crippen LogP contribution in [0.15, 0.2) is 41.9 Å². The van der Waals surface area contributed by atoms with Crippen molar-refractivity contribution in [2.24, 2.45) is 4.99 Å². The van der Waals surface area contributed by atoms with Crippen LogP contribution in [0.4, 0.5) is 5.82 Å². The number of nitrogens with one attached hydrogen (secondary N) is 3. The number of aromatic nitrogens is 4. The molecule has 2 unspecified atom stereocenters. The van der Waals surface area contributed by atoms with Gasteiger partial charge in [0.15, 0.2) is 22.8 Å². The van der Waals surface area contributed by atoms with Crippen LogP contribution >= 0.6 is 20.8 Å². The number of carbonyl (C=O) groups is 1. The number of rotatable bonds is 13. The van der Waals surface area contributed by atoms with E-state index in [1.807, 2.05) is 31.2 Å². The van der Waals surface area contributed by atoms with Crippen molar-refractivity contribution < 1.29 is 14.3 Å². The molecule has 0 aliphatic carbocycles. The number of methoxy groups -OCH3 is 1. The van der Waals surface area contributed by atoms with Crippen LogP contribution in [0.2, 0.25) is 5.15 Å². The van der Waals surface area contributed by atoms with E-state index in [2.05, 4.69) is 56.7 Å². The molecule has 1 saturated heterocycles. The van der Waals surface area contributed by atoms with Gasteiger partial charge in [-0.2, -0.15) is 4.98 Å². The number of ether oxygens (including phenoxy) is 2. The average Bonchev–Trinajstić information content (AvgIpc) is 3.35. The van der Waals surface area contributed by atoms with Crippen molar-refractivity contribution >= 4 is 50.2 Å². The van der Waals surface area contributed by atoms with Gasteiger partial charge in [0.2, 0.25) is 12.3 Å². The summed E-state index contributed by atoms with van der Waals surface area (Å²) in [5.41, 5.74) is 8.69. The van der Waals surface area contributed by atoms with Gasteiger partial charge in [-0.05, 0) is 43.9 Å². The number of benzene rings is 1. The van der Waals surface area contributed by atoms with Crippen molar-refractivity contribution in [2.45, 2.75) is 38.3 Å². The zero-order valence-electron chi connectivity index (χ0n) is 22.9. The first-order valence-electron chi connectivity index (χ1n) is 12.9. The highest BCUT2D eigenvalue weighted by Crippen LogP contribution is 2.25. The minimum absolute atomic E-state index is 0.187. The number of halogens is 1. The monoisotopic (exact) mass is 597 g/mol. The smallest absolute Gasteiger partial charge is 0.216 e. The molecule has 14 heteroatoms. The zero-order chi connectivity index (χ0) is 29.4. The molecular weight excluding hydrogens is 565 g/mol. The Hall–Kier alpha value is -4.02. The molecule has 0 spiro atoms. The maximum atomic E-state index is 10.9. The molecule has 0 bridgehead atoms. The number of carbonyl (C=O) groups excluding carboxylic acids is 1. The summed E-state index contributed by atoms with van der Waals surface area (Å²) >= 11 is 6.11. The first-order valence-corrected chi connectivity index (χ1v) is 13.8. The summed E-state index contributed by atoms with van der Waals surface area (Å²) in [5, 5.41) is 9.76. The number of guanidine groups is 1. The molecular formula is C27H33ClN9O3P. The van der Waals surface area contributed by atoms with Crippen LogP contribution in [0.1, 0.15) is 35.6 Å². The van der Waals surface area contributed by atoms with Gasteiger partial charge in [0.1, 0.15) is 18.1 Å². The number of nitrogens with two attached hydrogens (primary N) is 1.